The first-order valence-corrected chi connectivity index (χ1v) is 5.74. The lowest BCUT2D eigenvalue weighted by atomic mass is 10.2. The molecule has 0 radical (unpaired) electrons. The average Bonchev–Trinajstić information content (AvgIpc) is 2.64. The molecule has 0 atom stereocenters. The first-order valence-electron chi connectivity index (χ1n) is 4.54. The number of benzene rings is 1. The standard InChI is InChI=1S/C11H8ClNO2S/c1-7-6-15-11(13-7)16-10-4-2-3-9(12)8(10)5-14/h2-6H,1H3. The topological polar surface area (TPSA) is 43.1 Å². The molecular weight excluding hydrogens is 246 g/mol. The van der Waals surface area contributed by atoms with Crippen LogP contribution in [0.4, 0.5) is 0 Å². The van der Waals surface area contributed by atoms with E-state index in [9.17, 15) is 4.79 Å². The predicted molar refractivity (Wildman–Crippen MR) is 62.2 cm³/mol. The van der Waals surface area contributed by atoms with Gasteiger partial charge >= 0.3 is 0 Å². The van der Waals surface area contributed by atoms with Gasteiger partial charge in [0.15, 0.2) is 6.29 Å². The number of carbonyl (C=O) groups excluding carboxylic acids is 1. The van der Waals surface area contributed by atoms with E-state index in [4.69, 9.17) is 16.0 Å². The van der Waals surface area contributed by atoms with Gasteiger partial charge in [0.2, 0.25) is 0 Å². The highest BCUT2D eigenvalue weighted by Gasteiger charge is 2.10. The molecule has 0 spiro atoms. The summed E-state index contributed by atoms with van der Waals surface area (Å²) in [6.45, 7) is 1.84. The van der Waals surface area contributed by atoms with Crippen molar-refractivity contribution in [2.24, 2.45) is 0 Å². The SMILES string of the molecule is Cc1coc(Sc2cccc(Cl)c2C=O)n1. The normalized spacial score (nSPS) is 10.4. The number of aldehydes is 1. The van der Waals surface area contributed by atoms with Crippen LogP contribution in [0.15, 0.2) is 39.0 Å². The Kier molecular flexibility index (Phi) is 3.31. The fourth-order valence-electron chi connectivity index (χ4n) is 1.19. The van der Waals surface area contributed by atoms with Crippen LogP contribution in [-0.2, 0) is 0 Å². The van der Waals surface area contributed by atoms with Crippen molar-refractivity contribution in [3.8, 4) is 0 Å². The lowest BCUT2D eigenvalue weighted by Crippen LogP contribution is -1.86. The summed E-state index contributed by atoms with van der Waals surface area (Å²) in [5.41, 5.74) is 1.27. The second-order valence-corrected chi connectivity index (χ2v) is 4.53. The van der Waals surface area contributed by atoms with Crippen molar-refractivity contribution in [3.05, 3.63) is 40.7 Å². The molecule has 0 aliphatic rings. The molecule has 0 amide bonds. The highest BCUT2D eigenvalue weighted by molar-refractivity contribution is 7.99. The van der Waals surface area contributed by atoms with Crippen molar-refractivity contribution in [1.82, 2.24) is 4.98 Å². The minimum Gasteiger partial charge on any atom is -0.439 e. The zero-order valence-corrected chi connectivity index (χ0v) is 10.0. The molecule has 2 rings (SSSR count). The molecule has 0 unspecified atom stereocenters. The summed E-state index contributed by atoms with van der Waals surface area (Å²) in [4.78, 5) is 15.8. The van der Waals surface area contributed by atoms with Crippen LogP contribution < -0.4 is 0 Å². The lowest BCUT2D eigenvalue weighted by Gasteiger charge is -2.02. The van der Waals surface area contributed by atoms with Gasteiger partial charge in [0, 0.05) is 10.5 Å². The molecule has 0 fully saturated rings. The smallest absolute Gasteiger partial charge is 0.260 e. The van der Waals surface area contributed by atoms with Crippen molar-refractivity contribution in [1.29, 1.82) is 0 Å². The van der Waals surface area contributed by atoms with Gasteiger partial charge < -0.3 is 4.42 Å². The van der Waals surface area contributed by atoms with Gasteiger partial charge in [-0.2, -0.15) is 0 Å². The summed E-state index contributed by atoms with van der Waals surface area (Å²) in [5, 5.41) is 0.936. The Balaban J connectivity index is 2.34. The van der Waals surface area contributed by atoms with Crippen LogP contribution in [0.5, 0.6) is 0 Å². The Labute approximate surface area is 102 Å². The Hall–Kier alpha value is -1.26. The molecule has 2 aromatic rings. The highest BCUT2D eigenvalue weighted by atomic mass is 35.5. The van der Waals surface area contributed by atoms with Crippen LogP contribution in [0.25, 0.3) is 0 Å². The third-order valence-electron chi connectivity index (χ3n) is 1.93. The summed E-state index contributed by atoms with van der Waals surface area (Å²) < 4.78 is 5.20. The summed E-state index contributed by atoms with van der Waals surface area (Å²) in [6.07, 6.45) is 2.30. The molecule has 0 aliphatic heterocycles. The third kappa shape index (κ3) is 2.28. The predicted octanol–water partition coefficient (Wildman–Crippen LogP) is 3.60. The van der Waals surface area contributed by atoms with Crippen LogP contribution in [0, 0.1) is 6.92 Å². The van der Waals surface area contributed by atoms with E-state index in [1.807, 2.05) is 6.92 Å². The molecule has 1 aromatic carbocycles. The number of aromatic nitrogens is 1. The van der Waals surface area contributed by atoms with Gasteiger partial charge in [0.05, 0.1) is 10.7 Å². The quantitative estimate of drug-likeness (QED) is 0.784. The van der Waals surface area contributed by atoms with Gasteiger partial charge in [0.25, 0.3) is 5.22 Å². The number of aryl methyl sites for hydroxylation is 1. The van der Waals surface area contributed by atoms with Crippen LogP contribution >= 0.6 is 23.4 Å². The summed E-state index contributed by atoms with van der Waals surface area (Å²) >= 11 is 7.19. The Morgan fingerprint density at radius 1 is 1.50 bits per heavy atom. The number of carbonyl (C=O) groups is 1. The van der Waals surface area contributed by atoms with E-state index < -0.39 is 0 Å². The Morgan fingerprint density at radius 3 is 2.94 bits per heavy atom. The maximum absolute atomic E-state index is 10.9. The third-order valence-corrected chi connectivity index (χ3v) is 3.19. The van der Waals surface area contributed by atoms with Gasteiger partial charge in [-0.25, -0.2) is 4.98 Å². The highest BCUT2D eigenvalue weighted by Crippen LogP contribution is 2.32. The van der Waals surface area contributed by atoms with Gasteiger partial charge in [-0.05, 0) is 30.8 Å². The molecule has 16 heavy (non-hydrogen) atoms. The maximum atomic E-state index is 10.9. The van der Waals surface area contributed by atoms with Gasteiger partial charge in [-0.1, -0.05) is 17.7 Å². The van der Waals surface area contributed by atoms with Crippen LogP contribution in [-0.4, -0.2) is 11.3 Å². The summed E-state index contributed by atoms with van der Waals surface area (Å²) in [5.74, 6) is 0. The first-order chi connectivity index (χ1) is 7.70. The number of nitrogens with zero attached hydrogens (tertiary/aromatic N) is 1. The van der Waals surface area contributed by atoms with Crippen LogP contribution in [0.2, 0.25) is 5.02 Å². The first kappa shape index (κ1) is 11.2. The summed E-state index contributed by atoms with van der Waals surface area (Å²) in [7, 11) is 0. The second-order valence-electron chi connectivity index (χ2n) is 3.13. The lowest BCUT2D eigenvalue weighted by molar-refractivity contribution is 0.112. The minimum atomic E-state index is 0.434. The van der Waals surface area contributed by atoms with Crippen molar-refractivity contribution in [3.63, 3.8) is 0 Å². The van der Waals surface area contributed by atoms with Crippen molar-refractivity contribution >= 4 is 29.6 Å². The number of hydrogen-bond acceptors (Lipinski definition) is 4. The van der Waals surface area contributed by atoms with E-state index in [0.29, 0.717) is 15.8 Å². The fraction of sp³-hybridized carbons (Fsp3) is 0.0909. The average molecular weight is 254 g/mol. The molecule has 0 saturated heterocycles. The van der Waals surface area contributed by atoms with Gasteiger partial charge in [-0.3, -0.25) is 4.79 Å². The zero-order chi connectivity index (χ0) is 11.5. The number of hydrogen-bond donors (Lipinski definition) is 0. The molecule has 3 nitrogen and oxygen atoms in total. The summed E-state index contributed by atoms with van der Waals surface area (Å²) in [6, 6.07) is 5.27. The van der Waals surface area contributed by atoms with E-state index >= 15 is 0 Å². The van der Waals surface area contributed by atoms with Crippen molar-refractivity contribution in [2.75, 3.05) is 0 Å². The molecule has 82 valence electrons. The van der Waals surface area contributed by atoms with Gasteiger partial charge in [0.1, 0.15) is 6.26 Å². The monoisotopic (exact) mass is 253 g/mol. The van der Waals surface area contributed by atoms with Crippen molar-refractivity contribution < 1.29 is 9.21 Å². The van der Waals surface area contributed by atoms with Crippen molar-refractivity contribution in [2.45, 2.75) is 17.0 Å². The largest absolute Gasteiger partial charge is 0.439 e. The molecular formula is C11H8ClNO2S. The molecule has 5 heteroatoms. The van der Waals surface area contributed by atoms with Crippen LogP contribution in [0.1, 0.15) is 16.1 Å². The fourth-order valence-corrected chi connectivity index (χ4v) is 2.36. The van der Waals surface area contributed by atoms with E-state index in [1.54, 1.807) is 24.5 Å². The molecule has 0 saturated carbocycles. The Bertz CT molecular complexity index is 524. The van der Waals surface area contributed by atoms with E-state index in [-0.39, 0.29) is 0 Å². The minimum absolute atomic E-state index is 0.434. The van der Waals surface area contributed by atoms with E-state index in [0.717, 1.165) is 16.9 Å². The molecule has 1 aromatic heterocycles. The number of oxazole rings is 1. The van der Waals surface area contributed by atoms with E-state index in [2.05, 4.69) is 4.98 Å². The van der Waals surface area contributed by atoms with Gasteiger partial charge in [-0.15, -0.1) is 0 Å². The molecule has 0 aliphatic carbocycles. The Morgan fingerprint density at radius 2 is 2.31 bits per heavy atom. The second kappa shape index (κ2) is 4.72. The van der Waals surface area contributed by atoms with E-state index in [1.165, 1.54) is 11.8 Å². The van der Waals surface area contributed by atoms with Crippen LogP contribution in [0.3, 0.4) is 0 Å². The molecule has 0 bridgehead atoms. The zero-order valence-electron chi connectivity index (χ0n) is 8.44. The number of rotatable bonds is 3. The maximum Gasteiger partial charge on any atom is 0.260 e. The molecule has 1 heterocycles. The number of halogens is 1. The molecule has 0 N–H and O–H groups in total.